The molecular formula is C25H26FN5O2. The van der Waals surface area contributed by atoms with Gasteiger partial charge in [0, 0.05) is 54.7 Å². The van der Waals surface area contributed by atoms with Crippen molar-refractivity contribution in [3.8, 4) is 17.1 Å². The summed E-state index contributed by atoms with van der Waals surface area (Å²) in [7, 11) is 0. The molecule has 1 atom stereocenters. The molecule has 3 heterocycles. The number of halogens is 1. The number of fused-ring (bicyclic) bond motifs is 5. The summed E-state index contributed by atoms with van der Waals surface area (Å²) >= 11 is 0. The molecule has 0 radical (unpaired) electrons. The molecule has 2 bridgehead atoms. The SMILES string of the molecule is Cc1nc2c(o1)-c1ccc(F)cc1C(C)Oc1cc(cnc1N)/C(NCC1CC1)=C(/C=N)C2. The molecule has 33 heavy (non-hydrogen) atoms. The fourth-order valence-corrected chi connectivity index (χ4v) is 4.18. The van der Waals surface area contributed by atoms with E-state index >= 15 is 0 Å². The van der Waals surface area contributed by atoms with Gasteiger partial charge >= 0.3 is 0 Å². The molecule has 1 aliphatic carbocycles. The number of aryl methyl sites for hydroxylation is 1. The van der Waals surface area contributed by atoms with Gasteiger partial charge in [-0.25, -0.2) is 14.4 Å². The minimum Gasteiger partial charge on any atom is -0.482 e. The van der Waals surface area contributed by atoms with Gasteiger partial charge in [-0.2, -0.15) is 0 Å². The third kappa shape index (κ3) is 4.20. The Labute approximate surface area is 191 Å². The number of allylic oxidation sites excluding steroid dienone is 1. The van der Waals surface area contributed by atoms with Crippen LogP contribution in [-0.2, 0) is 6.42 Å². The van der Waals surface area contributed by atoms with Gasteiger partial charge in [0.1, 0.15) is 11.9 Å². The van der Waals surface area contributed by atoms with Crippen molar-refractivity contribution in [2.75, 3.05) is 12.3 Å². The highest BCUT2D eigenvalue weighted by atomic mass is 19.1. The number of nitrogens with two attached hydrogens (primary N) is 1. The zero-order chi connectivity index (χ0) is 23.1. The highest BCUT2D eigenvalue weighted by Crippen LogP contribution is 2.38. The number of nitrogens with zero attached hydrogens (tertiary/aromatic N) is 2. The number of anilines is 1. The largest absolute Gasteiger partial charge is 0.482 e. The van der Waals surface area contributed by atoms with Gasteiger partial charge < -0.3 is 25.6 Å². The number of pyridine rings is 1. The van der Waals surface area contributed by atoms with Crippen LogP contribution in [0, 0.1) is 24.1 Å². The molecule has 3 aromatic rings. The zero-order valence-corrected chi connectivity index (χ0v) is 18.6. The average molecular weight is 448 g/mol. The third-order valence-corrected chi connectivity index (χ3v) is 6.09. The summed E-state index contributed by atoms with van der Waals surface area (Å²) in [5.41, 5.74) is 10.4. The number of hydrogen-bond donors (Lipinski definition) is 3. The summed E-state index contributed by atoms with van der Waals surface area (Å²) < 4.78 is 26.4. The van der Waals surface area contributed by atoms with Crippen molar-refractivity contribution < 1.29 is 13.5 Å². The van der Waals surface area contributed by atoms with Crippen LogP contribution in [0.3, 0.4) is 0 Å². The first-order valence-corrected chi connectivity index (χ1v) is 11.1. The molecule has 4 N–H and O–H groups in total. The van der Waals surface area contributed by atoms with Gasteiger partial charge in [-0.15, -0.1) is 0 Å². The monoisotopic (exact) mass is 447 g/mol. The smallest absolute Gasteiger partial charge is 0.192 e. The Morgan fingerprint density at radius 1 is 1.30 bits per heavy atom. The fourth-order valence-electron chi connectivity index (χ4n) is 4.18. The lowest BCUT2D eigenvalue weighted by molar-refractivity contribution is 0.227. The highest BCUT2D eigenvalue weighted by molar-refractivity contribution is 5.90. The van der Waals surface area contributed by atoms with E-state index in [1.165, 1.54) is 31.2 Å². The number of benzene rings is 1. The molecule has 2 aliphatic rings. The molecule has 1 saturated carbocycles. The predicted molar refractivity (Wildman–Crippen MR) is 124 cm³/mol. The maximum absolute atomic E-state index is 14.2. The van der Waals surface area contributed by atoms with Gasteiger partial charge in [-0.05, 0) is 55.5 Å². The summed E-state index contributed by atoms with van der Waals surface area (Å²) in [4.78, 5) is 8.95. The van der Waals surface area contributed by atoms with E-state index in [0.717, 1.165) is 23.4 Å². The van der Waals surface area contributed by atoms with Crippen LogP contribution in [0.2, 0.25) is 0 Å². The van der Waals surface area contributed by atoms with Crippen LogP contribution in [0.15, 0.2) is 40.5 Å². The van der Waals surface area contributed by atoms with Crippen molar-refractivity contribution in [2.45, 2.75) is 39.2 Å². The van der Waals surface area contributed by atoms with Crippen LogP contribution in [0.25, 0.3) is 17.0 Å². The Morgan fingerprint density at radius 2 is 2.12 bits per heavy atom. The van der Waals surface area contributed by atoms with E-state index < -0.39 is 6.10 Å². The number of nitrogens with one attached hydrogen (secondary N) is 2. The van der Waals surface area contributed by atoms with Crippen molar-refractivity contribution in [1.29, 1.82) is 5.41 Å². The summed E-state index contributed by atoms with van der Waals surface area (Å²) in [6, 6.07) is 6.34. The molecule has 7 nitrogen and oxygen atoms in total. The second-order valence-corrected chi connectivity index (χ2v) is 8.65. The lowest BCUT2D eigenvalue weighted by Crippen LogP contribution is -2.19. The topological polar surface area (TPSA) is 110 Å². The highest BCUT2D eigenvalue weighted by Gasteiger charge is 2.26. The van der Waals surface area contributed by atoms with E-state index in [1.807, 2.05) is 13.0 Å². The van der Waals surface area contributed by atoms with E-state index in [2.05, 4.69) is 15.3 Å². The van der Waals surface area contributed by atoms with Crippen molar-refractivity contribution in [1.82, 2.24) is 15.3 Å². The molecular weight excluding hydrogens is 421 g/mol. The zero-order valence-electron chi connectivity index (χ0n) is 18.6. The molecule has 0 spiro atoms. The molecule has 0 saturated heterocycles. The van der Waals surface area contributed by atoms with Gasteiger partial charge in [-0.1, -0.05) is 0 Å². The maximum atomic E-state index is 14.2. The number of hydrogen-bond acceptors (Lipinski definition) is 7. The molecule has 1 unspecified atom stereocenters. The van der Waals surface area contributed by atoms with Gasteiger partial charge in [0.25, 0.3) is 0 Å². The number of aromatic nitrogens is 2. The fraction of sp³-hybridized carbons (Fsp3) is 0.320. The summed E-state index contributed by atoms with van der Waals surface area (Å²) in [5, 5.41) is 11.7. The van der Waals surface area contributed by atoms with Crippen molar-refractivity contribution in [3.05, 3.63) is 64.6 Å². The van der Waals surface area contributed by atoms with E-state index in [-0.39, 0.29) is 11.6 Å². The number of rotatable bonds is 4. The first-order chi connectivity index (χ1) is 15.9. The van der Waals surface area contributed by atoms with Crippen LogP contribution in [0.4, 0.5) is 10.2 Å². The molecule has 1 fully saturated rings. The maximum Gasteiger partial charge on any atom is 0.192 e. The number of nitrogen functional groups attached to an aromatic ring is 1. The lowest BCUT2D eigenvalue weighted by Gasteiger charge is -2.22. The molecule has 8 heteroatoms. The average Bonchev–Trinajstić information content (AvgIpc) is 3.55. The predicted octanol–water partition coefficient (Wildman–Crippen LogP) is 4.82. The standard InChI is InChI=1S/C25H26FN5O2/c1-13-20-9-18(26)5-6-19(20)24-21(31-14(2)33-24)7-16(10-27)23(29-11-15-3-4-15)17-8-22(32-13)25(28)30-12-17/h5-6,8-10,12-13,15,27,29H,3-4,7,11H2,1-2H3,(H2,28,30)/b23-16-,27-10?. The van der Waals surface area contributed by atoms with Gasteiger partial charge in [0.05, 0.1) is 5.69 Å². The second-order valence-electron chi connectivity index (χ2n) is 8.65. The van der Waals surface area contributed by atoms with Crippen molar-refractivity contribution >= 4 is 17.7 Å². The number of oxazole rings is 1. The first kappa shape index (κ1) is 21.2. The van der Waals surface area contributed by atoms with Crippen LogP contribution >= 0.6 is 0 Å². The quantitative estimate of drug-likeness (QED) is 0.495. The van der Waals surface area contributed by atoms with E-state index in [9.17, 15) is 4.39 Å². The summed E-state index contributed by atoms with van der Waals surface area (Å²) in [6.45, 7) is 4.43. The molecule has 1 aromatic carbocycles. The van der Waals surface area contributed by atoms with E-state index in [0.29, 0.717) is 46.6 Å². The summed E-state index contributed by atoms with van der Waals surface area (Å²) in [5.74, 6) is 1.96. The normalized spacial score (nSPS) is 20.0. The van der Waals surface area contributed by atoms with Crippen LogP contribution in [0.5, 0.6) is 5.75 Å². The van der Waals surface area contributed by atoms with Crippen LogP contribution in [0.1, 0.15) is 48.6 Å². The minimum atomic E-state index is -0.526. The van der Waals surface area contributed by atoms with Crippen LogP contribution in [-0.4, -0.2) is 22.7 Å². The molecule has 170 valence electrons. The Bertz CT molecular complexity index is 1260. The number of ether oxygens (including phenoxy) is 1. The van der Waals surface area contributed by atoms with Crippen molar-refractivity contribution in [2.24, 2.45) is 5.92 Å². The van der Waals surface area contributed by atoms with Crippen molar-refractivity contribution in [3.63, 3.8) is 0 Å². The van der Waals surface area contributed by atoms with Gasteiger partial charge in [0.2, 0.25) is 0 Å². The second kappa shape index (κ2) is 8.35. The minimum absolute atomic E-state index is 0.245. The Morgan fingerprint density at radius 3 is 2.88 bits per heavy atom. The Kier molecular flexibility index (Phi) is 5.36. The molecule has 0 amide bonds. The molecule has 1 aliphatic heterocycles. The molecule has 2 aromatic heterocycles. The van der Waals surface area contributed by atoms with Crippen LogP contribution < -0.4 is 15.8 Å². The van der Waals surface area contributed by atoms with E-state index in [1.54, 1.807) is 19.2 Å². The van der Waals surface area contributed by atoms with Gasteiger partial charge in [-0.3, -0.25) is 0 Å². The van der Waals surface area contributed by atoms with E-state index in [4.69, 9.17) is 20.3 Å². The van der Waals surface area contributed by atoms with Gasteiger partial charge in [0.15, 0.2) is 23.2 Å². The lowest BCUT2D eigenvalue weighted by atomic mass is 9.96. The first-order valence-electron chi connectivity index (χ1n) is 11.1. The summed E-state index contributed by atoms with van der Waals surface area (Å²) in [6.07, 6.45) is 5.26. The Balaban J connectivity index is 1.73. The Hall–Kier alpha value is -3.68. The third-order valence-electron chi connectivity index (χ3n) is 6.09. The molecule has 5 rings (SSSR count).